The Balaban J connectivity index is 1.55. The van der Waals surface area contributed by atoms with Crippen molar-refractivity contribution in [3.8, 4) is 0 Å². The van der Waals surface area contributed by atoms with Gasteiger partial charge in [-0.15, -0.1) is 0 Å². The second-order valence-corrected chi connectivity index (χ2v) is 6.62. The lowest BCUT2D eigenvalue weighted by molar-refractivity contribution is 0.0947. The minimum Gasteiger partial charge on any atom is -0.371 e. The molecule has 24 heavy (non-hydrogen) atoms. The van der Waals surface area contributed by atoms with Crippen LogP contribution in [0.3, 0.4) is 0 Å². The molecule has 0 aliphatic carbocycles. The summed E-state index contributed by atoms with van der Waals surface area (Å²) in [6.07, 6.45) is 2.51. The Morgan fingerprint density at radius 2 is 2.12 bits per heavy atom. The molecule has 2 heterocycles. The number of nitrogens with zero attached hydrogens (tertiary/aromatic N) is 1. The number of amides is 1. The molecule has 2 N–H and O–H groups in total. The molecule has 1 aromatic carbocycles. The van der Waals surface area contributed by atoms with Crippen molar-refractivity contribution in [3.63, 3.8) is 0 Å². The minimum absolute atomic E-state index is 0.145. The van der Waals surface area contributed by atoms with Gasteiger partial charge in [0.2, 0.25) is 5.56 Å². The van der Waals surface area contributed by atoms with E-state index in [4.69, 9.17) is 11.6 Å². The van der Waals surface area contributed by atoms with Crippen LogP contribution in [0.5, 0.6) is 0 Å². The van der Waals surface area contributed by atoms with Gasteiger partial charge in [-0.3, -0.25) is 9.59 Å². The van der Waals surface area contributed by atoms with Gasteiger partial charge >= 0.3 is 0 Å². The van der Waals surface area contributed by atoms with Gasteiger partial charge in [0, 0.05) is 42.6 Å². The first-order valence-corrected chi connectivity index (χ1v) is 8.39. The summed E-state index contributed by atoms with van der Waals surface area (Å²) in [5.41, 5.74) is 2.16. The maximum Gasteiger partial charge on any atom is 0.253 e. The lowest BCUT2D eigenvalue weighted by Gasteiger charge is -2.19. The lowest BCUT2D eigenvalue weighted by Crippen LogP contribution is -2.31. The number of aromatic amines is 1. The van der Waals surface area contributed by atoms with E-state index in [1.165, 1.54) is 12.3 Å². The first kappa shape index (κ1) is 16.6. The summed E-state index contributed by atoms with van der Waals surface area (Å²) in [5, 5.41) is 3.71. The zero-order valence-corrected chi connectivity index (χ0v) is 14.3. The average Bonchev–Trinajstić information content (AvgIpc) is 3.02. The van der Waals surface area contributed by atoms with E-state index >= 15 is 0 Å². The quantitative estimate of drug-likeness (QED) is 0.895. The summed E-state index contributed by atoms with van der Waals surface area (Å²) in [7, 11) is 0. The normalized spacial score (nSPS) is 17.1. The second kappa shape index (κ2) is 7.09. The SMILES string of the molecule is Cc1cc(=O)[nH]cc1C(=O)NCC1CCN(c2ccc(Cl)cc2)C1. The molecule has 5 nitrogen and oxygen atoms in total. The van der Waals surface area contributed by atoms with Crippen molar-refractivity contribution in [3.05, 3.63) is 63.0 Å². The fraction of sp³-hybridized carbons (Fsp3) is 0.333. The Morgan fingerprint density at radius 3 is 2.83 bits per heavy atom. The largest absolute Gasteiger partial charge is 0.371 e. The number of aryl methyl sites for hydroxylation is 1. The molecule has 1 atom stereocenters. The van der Waals surface area contributed by atoms with Gasteiger partial charge in [-0.1, -0.05) is 11.6 Å². The van der Waals surface area contributed by atoms with Gasteiger partial charge in [0.1, 0.15) is 0 Å². The molecule has 0 radical (unpaired) electrons. The Bertz CT molecular complexity index is 786. The van der Waals surface area contributed by atoms with Crippen LogP contribution in [0, 0.1) is 12.8 Å². The Morgan fingerprint density at radius 1 is 1.38 bits per heavy atom. The van der Waals surface area contributed by atoms with E-state index in [0.29, 0.717) is 23.6 Å². The van der Waals surface area contributed by atoms with E-state index in [-0.39, 0.29) is 11.5 Å². The number of nitrogens with one attached hydrogen (secondary N) is 2. The molecule has 126 valence electrons. The van der Waals surface area contributed by atoms with Crippen LogP contribution >= 0.6 is 11.6 Å². The van der Waals surface area contributed by atoms with Crippen molar-refractivity contribution >= 4 is 23.2 Å². The Kier molecular flexibility index (Phi) is 4.90. The van der Waals surface area contributed by atoms with Gasteiger partial charge in [-0.05, 0) is 49.1 Å². The maximum absolute atomic E-state index is 12.3. The molecule has 1 fully saturated rings. The number of pyridine rings is 1. The van der Waals surface area contributed by atoms with Crippen molar-refractivity contribution in [2.24, 2.45) is 5.92 Å². The molecule has 0 spiro atoms. The first-order valence-electron chi connectivity index (χ1n) is 8.01. The minimum atomic E-state index is -0.196. The van der Waals surface area contributed by atoms with Crippen LogP contribution in [-0.4, -0.2) is 30.5 Å². The summed E-state index contributed by atoms with van der Waals surface area (Å²) in [6.45, 7) is 4.27. The highest BCUT2D eigenvalue weighted by Crippen LogP contribution is 2.24. The molecular formula is C18H20ClN3O2. The fourth-order valence-corrected chi connectivity index (χ4v) is 3.16. The van der Waals surface area contributed by atoms with Crippen LogP contribution in [0.25, 0.3) is 0 Å². The molecule has 6 heteroatoms. The van der Waals surface area contributed by atoms with Gasteiger partial charge in [0.05, 0.1) is 5.56 Å². The smallest absolute Gasteiger partial charge is 0.253 e. The van der Waals surface area contributed by atoms with Crippen molar-refractivity contribution in [1.29, 1.82) is 0 Å². The molecule has 2 aromatic rings. The third kappa shape index (κ3) is 3.79. The van der Waals surface area contributed by atoms with Gasteiger partial charge in [0.15, 0.2) is 0 Å². The standard InChI is InChI=1S/C18H20ClN3O2/c1-12-8-17(23)20-10-16(12)18(24)21-9-13-6-7-22(11-13)15-4-2-14(19)3-5-15/h2-5,8,10,13H,6-7,9,11H2,1H3,(H,20,23)(H,21,24). The number of hydrogen-bond acceptors (Lipinski definition) is 3. The van der Waals surface area contributed by atoms with Crippen LogP contribution in [0.4, 0.5) is 5.69 Å². The summed E-state index contributed by atoms with van der Waals surface area (Å²) >= 11 is 5.92. The number of halogens is 1. The summed E-state index contributed by atoms with van der Waals surface area (Å²) in [4.78, 5) is 28.3. The summed E-state index contributed by atoms with van der Waals surface area (Å²) < 4.78 is 0. The van der Waals surface area contributed by atoms with Gasteiger partial charge < -0.3 is 15.2 Å². The van der Waals surface area contributed by atoms with Crippen LogP contribution < -0.4 is 15.8 Å². The van der Waals surface area contributed by atoms with E-state index in [1.807, 2.05) is 24.3 Å². The predicted octanol–water partition coefficient (Wildman–Crippen LogP) is 2.59. The summed E-state index contributed by atoms with van der Waals surface area (Å²) in [6, 6.07) is 9.27. The monoisotopic (exact) mass is 345 g/mol. The molecule has 3 rings (SSSR count). The predicted molar refractivity (Wildman–Crippen MR) is 95.9 cm³/mol. The van der Waals surface area contributed by atoms with Crippen LogP contribution in [0.1, 0.15) is 22.3 Å². The zero-order chi connectivity index (χ0) is 17.1. The fourth-order valence-electron chi connectivity index (χ4n) is 3.04. The Hall–Kier alpha value is -2.27. The number of carbonyl (C=O) groups excluding carboxylic acids is 1. The number of H-pyrrole nitrogens is 1. The van der Waals surface area contributed by atoms with Gasteiger partial charge in [-0.2, -0.15) is 0 Å². The molecule has 0 bridgehead atoms. The lowest BCUT2D eigenvalue weighted by atomic mass is 10.1. The molecule has 1 amide bonds. The van der Waals surface area contributed by atoms with Gasteiger partial charge in [-0.25, -0.2) is 0 Å². The second-order valence-electron chi connectivity index (χ2n) is 6.18. The van der Waals surface area contributed by atoms with E-state index < -0.39 is 0 Å². The highest BCUT2D eigenvalue weighted by atomic mass is 35.5. The number of benzene rings is 1. The van der Waals surface area contributed by atoms with E-state index in [9.17, 15) is 9.59 Å². The number of rotatable bonds is 4. The van der Waals surface area contributed by atoms with Crippen LogP contribution in [-0.2, 0) is 0 Å². The van der Waals surface area contributed by atoms with Crippen molar-refractivity contribution in [2.45, 2.75) is 13.3 Å². The van der Waals surface area contributed by atoms with E-state index in [1.54, 1.807) is 6.92 Å². The van der Waals surface area contributed by atoms with Gasteiger partial charge in [0.25, 0.3) is 5.91 Å². The molecule has 1 aliphatic rings. The third-order valence-electron chi connectivity index (χ3n) is 4.40. The third-order valence-corrected chi connectivity index (χ3v) is 4.66. The van der Waals surface area contributed by atoms with E-state index in [2.05, 4.69) is 15.2 Å². The first-order chi connectivity index (χ1) is 11.5. The highest BCUT2D eigenvalue weighted by molar-refractivity contribution is 6.30. The number of hydrogen-bond donors (Lipinski definition) is 2. The van der Waals surface area contributed by atoms with Crippen molar-refractivity contribution < 1.29 is 4.79 Å². The van der Waals surface area contributed by atoms with E-state index in [0.717, 1.165) is 30.2 Å². The Labute approximate surface area is 145 Å². The highest BCUT2D eigenvalue weighted by Gasteiger charge is 2.23. The topological polar surface area (TPSA) is 65.2 Å². The van der Waals surface area contributed by atoms with Crippen LogP contribution in [0.15, 0.2) is 41.3 Å². The molecule has 1 saturated heterocycles. The van der Waals surface area contributed by atoms with Crippen molar-refractivity contribution in [2.75, 3.05) is 24.5 Å². The summed E-state index contributed by atoms with van der Waals surface area (Å²) in [5.74, 6) is 0.265. The number of aromatic nitrogens is 1. The van der Waals surface area contributed by atoms with Crippen LogP contribution in [0.2, 0.25) is 5.02 Å². The number of anilines is 1. The van der Waals surface area contributed by atoms with Crippen molar-refractivity contribution in [1.82, 2.24) is 10.3 Å². The average molecular weight is 346 g/mol. The molecule has 0 saturated carbocycles. The molecule has 1 aliphatic heterocycles. The molecule has 1 unspecified atom stereocenters. The maximum atomic E-state index is 12.3. The number of carbonyl (C=O) groups is 1. The molecule has 1 aromatic heterocycles. The zero-order valence-electron chi connectivity index (χ0n) is 13.5. The molecular weight excluding hydrogens is 326 g/mol.